The zero-order valence-electron chi connectivity index (χ0n) is 12.3. The third-order valence-electron chi connectivity index (χ3n) is 3.40. The van der Waals surface area contributed by atoms with Gasteiger partial charge in [-0.15, -0.1) is 0 Å². The van der Waals surface area contributed by atoms with Crippen LogP contribution < -0.4 is 9.47 Å². The van der Waals surface area contributed by atoms with Crippen molar-refractivity contribution in [3.8, 4) is 28.3 Å². The number of methoxy groups -OCH3 is 2. The van der Waals surface area contributed by atoms with E-state index in [1.807, 2.05) is 18.2 Å². The quantitative estimate of drug-likeness (QED) is 0.737. The second-order valence-electron chi connectivity index (χ2n) is 4.67. The van der Waals surface area contributed by atoms with Crippen LogP contribution in [0.3, 0.4) is 0 Å². The van der Waals surface area contributed by atoms with Crippen molar-refractivity contribution in [3.05, 3.63) is 60.7 Å². The van der Waals surface area contributed by atoms with Crippen molar-refractivity contribution in [1.82, 2.24) is 9.78 Å². The second kappa shape index (κ2) is 5.89. The maximum atomic E-state index is 13.8. The van der Waals surface area contributed by atoms with Gasteiger partial charge in [-0.3, -0.25) is 0 Å². The van der Waals surface area contributed by atoms with E-state index in [0.29, 0.717) is 17.2 Å². The van der Waals surface area contributed by atoms with Crippen LogP contribution in [0, 0.1) is 5.82 Å². The molecule has 1 aromatic heterocycles. The molecule has 0 atom stereocenters. The summed E-state index contributed by atoms with van der Waals surface area (Å²) in [6, 6.07) is 12.1. The summed E-state index contributed by atoms with van der Waals surface area (Å²) in [5.74, 6) is 0.937. The normalized spacial score (nSPS) is 10.5. The molecule has 0 saturated heterocycles. The number of nitrogens with zero attached hydrogens (tertiary/aromatic N) is 2. The van der Waals surface area contributed by atoms with Crippen LogP contribution in [0.2, 0.25) is 0 Å². The summed E-state index contributed by atoms with van der Waals surface area (Å²) in [5, 5.41) is 4.23. The number of ether oxygens (including phenoxy) is 2. The molecule has 3 rings (SSSR count). The van der Waals surface area contributed by atoms with E-state index in [2.05, 4.69) is 5.10 Å². The Hall–Kier alpha value is -2.82. The number of halogens is 1. The summed E-state index contributed by atoms with van der Waals surface area (Å²) in [5.41, 5.74) is 2.05. The minimum absolute atomic E-state index is 0.324. The van der Waals surface area contributed by atoms with Gasteiger partial charge in [0.15, 0.2) is 11.5 Å². The Labute approximate surface area is 127 Å². The van der Waals surface area contributed by atoms with Crippen molar-refractivity contribution < 1.29 is 13.9 Å². The van der Waals surface area contributed by atoms with E-state index in [1.54, 1.807) is 44.8 Å². The predicted molar refractivity (Wildman–Crippen MR) is 82.1 cm³/mol. The van der Waals surface area contributed by atoms with Gasteiger partial charge >= 0.3 is 0 Å². The molecule has 1 heterocycles. The molecule has 0 aliphatic carbocycles. The van der Waals surface area contributed by atoms with Gasteiger partial charge in [-0.25, -0.2) is 9.07 Å². The van der Waals surface area contributed by atoms with Crippen LogP contribution in [0.1, 0.15) is 0 Å². The average Bonchev–Trinajstić information content (AvgIpc) is 3.04. The summed E-state index contributed by atoms with van der Waals surface area (Å²) in [4.78, 5) is 0. The SMILES string of the molecule is COc1cccc(-c2cnn(-c3ccccc3F)c2)c1OC. The molecule has 0 N–H and O–H groups in total. The first-order chi connectivity index (χ1) is 10.7. The molecule has 2 aromatic carbocycles. The van der Waals surface area contributed by atoms with Gasteiger partial charge in [-0.1, -0.05) is 24.3 Å². The smallest absolute Gasteiger partial charge is 0.168 e. The van der Waals surface area contributed by atoms with E-state index in [-0.39, 0.29) is 5.82 Å². The molecule has 3 aromatic rings. The molecular weight excluding hydrogens is 283 g/mol. The van der Waals surface area contributed by atoms with Crippen molar-refractivity contribution in [2.75, 3.05) is 14.2 Å². The Morgan fingerprint density at radius 2 is 1.82 bits per heavy atom. The zero-order valence-corrected chi connectivity index (χ0v) is 12.3. The standard InChI is InChI=1S/C17H15FN2O2/c1-21-16-9-5-6-13(17(16)22-2)12-10-19-20(11-12)15-8-4-3-7-14(15)18/h3-11H,1-2H3. The molecule has 0 aliphatic heterocycles. The lowest BCUT2D eigenvalue weighted by Crippen LogP contribution is -1.97. The number of aromatic nitrogens is 2. The van der Waals surface area contributed by atoms with Gasteiger partial charge in [0.1, 0.15) is 11.5 Å². The molecule has 4 nitrogen and oxygen atoms in total. The number of rotatable bonds is 4. The second-order valence-corrected chi connectivity index (χ2v) is 4.67. The average molecular weight is 298 g/mol. The topological polar surface area (TPSA) is 36.3 Å². The van der Waals surface area contributed by atoms with E-state index >= 15 is 0 Å². The van der Waals surface area contributed by atoms with Gasteiger partial charge in [-0.2, -0.15) is 5.10 Å². The maximum absolute atomic E-state index is 13.8. The third kappa shape index (κ3) is 2.41. The van der Waals surface area contributed by atoms with Crippen LogP contribution in [0.5, 0.6) is 11.5 Å². The molecular formula is C17H15FN2O2. The van der Waals surface area contributed by atoms with Gasteiger partial charge < -0.3 is 9.47 Å². The Balaban J connectivity index is 2.07. The third-order valence-corrected chi connectivity index (χ3v) is 3.40. The Morgan fingerprint density at radius 3 is 2.55 bits per heavy atom. The van der Waals surface area contributed by atoms with Gasteiger partial charge in [0.05, 0.1) is 20.4 Å². The minimum atomic E-state index is -0.324. The van der Waals surface area contributed by atoms with Crippen LogP contribution in [-0.2, 0) is 0 Å². The highest BCUT2D eigenvalue weighted by Gasteiger charge is 2.14. The summed E-state index contributed by atoms with van der Waals surface area (Å²) in [6.07, 6.45) is 3.43. The molecule has 112 valence electrons. The Bertz CT molecular complexity index is 799. The molecule has 0 aliphatic rings. The van der Waals surface area contributed by atoms with Gasteiger partial charge in [0, 0.05) is 17.3 Å². The monoisotopic (exact) mass is 298 g/mol. The van der Waals surface area contributed by atoms with Crippen molar-refractivity contribution in [2.45, 2.75) is 0 Å². The Kier molecular flexibility index (Phi) is 3.78. The lowest BCUT2D eigenvalue weighted by Gasteiger charge is -2.11. The first-order valence-electron chi connectivity index (χ1n) is 6.75. The van der Waals surface area contributed by atoms with E-state index in [4.69, 9.17) is 9.47 Å². The highest BCUT2D eigenvalue weighted by atomic mass is 19.1. The molecule has 0 unspecified atom stereocenters. The molecule has 0 amide bonds. The molecule has 0 saturated carbocycles. The van der Waals surface area contributed by atoms with E-state index in [9.17, 15) is 4.39 Å². The van der Waals surface area contributed by atoms with Crippen LogP contribution in [-0.4, -0.2) is 24.0 Å². The zero-order chi connectivity index (χ0) is 15.5. The fourth-order valence-electron chi connectivity index (χ4n) is 2.35. The molecule has 0 bridgehead atoms. The van der Waals surface area contributed by atoms with Crippen LogP contribution >= 0.6 is 0 Å². The number of hydrogen-bond acceptors (Lipinski definition) is 3. The van der Waals surface area contributed by atoms with E-state index in [0.717, 1.165) is 11.1 Å². The highest BCUT2D eigenvalue weighted by Crippen LogP contribution is 2.37. The molecule has 5 heteroatoms. The molecule has 0 spiro atoms. The summed E-state index contributed by atoms with van der Waals surface area (Å²) < 4.78 is 26.1. The van der Waals surface area contributed by atoms with Crippen LogP contribution in [0.15, 0.2) is 54.9 Å². The van der Waals surface area contributed by atoms with Crippen molar-refractivity contribution in [3.63, 3.8) is 0 Å². The maximum Gasteiger partial charge on any atom is 0.168 e. The molecule has 0 radical (unpaired) electrons. The Morgan fingerprint density at radius 1 is 1.00 bits per heavy atom. The number of para-hydroxylation sites is 2. The lowest BCUT2D eigenvalue weighted by molar-refractivity contribution is 0.356. The summed E-state index contributed by atoms with van der Waals surface area (Å²) in [7, 11) is 3.17. The van der Waals surface area contributed by atoms with Crippen molar-refractivity contribution in [1.29, 1.82) is 0 Å². The van der Waals surface area contributed by atoms with Gasteiger partial charge in [0.2, 0.25) is 0 Å². The summed E-state index contributed by atoms with van der Waals surface area (Å²) in [6.45, 7) is 0. The van der Waals surface area contributed by atoms with Crippen LogP contribution in [0.25, 0.3) is 16.8 Å². The fourth-order valence-corrected chi connectivity index (χ4v) is 2.35. The van der Waals surface area contributed by atoms with E-state index in [1.165, 1.54) is 10.7 Å². The highest BCUT2D eigenvalue weighted by molar-refractivity contribution is 5.73. The first-order valence-corrected chi connectivity index (χ1v) is 6.75. The minimum Gasteiger partial charge on any atom is -0.493 e. The van der Waals surface area contributed by atoms with E-state index < -0.39 is 0 Å². The van der Waals surface area contributed by atoms with Gasteiger partial charge in [-0.05, 0) is 18.2 Å². The van der Waals surface area contributed by atoms with Gasteiger partial charge in [0.25, 0.3) is 0 Å². The first kappa shape index (κ1) is 14.1. The largest absolute Gasteiger partial charge is 0.493 e. The lowest BCUT2D eigenvalue weighted by atomic mass is 10.1. The predicted octanol–water partition coefficient (Wildman–Crippen LogP) is 3.70. The van der Waals surface area contributed by atoms with Crippen molar-refractivity contribution in [2.24, 2.45) is 0 Å². The number of hydrogen-bond donors (Lipinski definition) is 0. The number of benzene rings is 2. The van der Waals surface area contributed by atoms with Crippen LogP contribution in [0.4, 0.5) is 4.39 Å². The fraction of sp³-hybridized carbons (Fsp3) is 0.118. The molecule has 0 fully saturated rings. The summed E-state index contributed by atoms with van der Waals surface area (Å²) >= 11 is 0. The van der Waals surface area contributed by atoms with Crippen molar-refractivity contribution >= 4 is 0 Å². The molecule has 22 heavy (non-hydrogen) atoms.